The van der Waals surface area contributed by atoms with Gasteiger partial charge < -0.3 is 10.8 Å². The summed E-state index contributed by atoms with van der Waals surface area (Å²) in [5.74, 6) is 0.529. The van der Waals surface area contributed by atoms with Crippen molar-refractivity contribution in [3.63, 3.8) is 0 Å². The second-order valence-electron chi connectivity index (χ2n) is 6.68. The average molecular weight is 253 g/mol. The Kier molecular flexibility index (Phi) is 5.50. The third-order valence-corrected chi connectivity index (χ3v) is 5.48. The fourth-order valence-electron chi connectivity index (χ4n) is 4.18. The summed E-state index contributed by atoms with van der Waals surface area (Å²) < 4.78 is 0. The zero-order valence-corrected chi connectivity index (χ0v) is 11.9. The molecule has 0 aromatic carbocycles. The van der Waals surface area contributed by atoms with E-state index in [2.05, 4.69) is 0 Å². The van der Waals surface area contributed by atoms with E-state index in [1.165, 1.54) is 64.2 Å². The summed E-state index contributed by atoms with van der Waals surface area (Å²) in [6.07, 6.45) is 15.2. The van der Waals surface area contributed by atoms with Crippen LogP contribution in [0.2, 0.25) is 0 Å². The molecule has 0 radical (unpaired) electrons. The minimum Gasteiger partial charge on any atom is -0.392 e. The number of hydrogen-bond donors (Lipinski definition) is 2. The molecule has 0 aromatic rings. The molecule has 2 heteroatoms. The second kappa shape index (κ2) is 6.91. The van der Waals surface area contributed by atoms with E-state index in [9.17, 15) is 5.11 Å². The van der Waals surface area contributed by atoms with Crippen LogP contribution in [0.3, 0.4) is 0 Å². The third-order valence-electron chi connectivity index (χ3n) is 5.48. The highest BCUT2D eigenvalue weighted by Crippen LogP contribution is 2.42. The minimum absolute atomic E-state index is 0.0441. The molecule has 2 fully saturated rings. The van der Waals surface area contributed by atoms with Gasteiger partial charge in [-0.3, -0.25) is 0 Å². The Morgan fingerprint density at radius 2 is 1.39 bits per heavy atom. The molecule has 2 aliphatic rings. The van der Waals surface area contributed by atoms with Crippen LogP contribution in [0.25, 0.3) is 0 Å². The van der Waals surface area contributed by atoms with E-state index in [4.69, 9.17) is 5.73 Å². The first-order valence-electron chi connectivity index (χ1n) is 8.17. The lowest BCUT2D eigenvalue weighted by atomic mass is 9.66. The van der Waals surface area contributed by atoms with E-state index in [1.807, 2.05) is 0 Å². The van der Waals surface area contributed by atoms with Crippen molar-refractivity contribution in [2.45, 2.75) is 83.2 Å². The maximum Gasteiger partial charge on any atom is 0.0636 e. The fraction of sp³-hybridized carbons (Fsp3) is 1.00. The van der Waals surface area contributed by atoms with Crippen molar-refractivity contribution in [1.29, 1.82) is 0 Å². The van der Waals surface area contributed by atoms with E-state index < -0.39 is 0 Å². The lowest BCUT2D eigenvalue weighted by Crippen LogP contribution is -2.46. The van der Waals surface area contributed by atoms with Crippen LogP contribution in [0.15, 0.2) is 0 Å². The lowest BCUT2D eigenvalue weighted by Gasteiger charge is -2.43. The predicted octanol–water partition coefficient (Wildman–Crippen LogP) is 3.62. The molecule has 1 unspecified atom stereocenters. The predicted molar refractivity (Wildman–Crippen MR) is 76.4 cm³/mol. The largest absolute Gasteiger partial charge is 0.392 e. The first kappa shape index (κ1) is 14.3. The van der Waals surface area contributed by atoms with Gasteiger partial charge in [0.2, 0.25) is 0 Å². The number of aliphatic hydroxyl groups excluding tert-OH is 1. The van der Waals surface area contributed by atoms with Crippen molar-refractivity contribution in [2.75, 3.05) is 6.54 Å². The molecular weight excluding hydrogens is 222 g/mol. The molecule has 106 valence electrons. The summed E-state index contributed by atoms with van der Waals surface area (Å²) in [4.78, 5) is 0. The van der Waals surface area contributed by atoms with Crippen LogP contribution in [0.5, 0.6) is 0 Å². The normalized spacial score (nSPS) is 28.3. The molecule has 0 saturated heterocycles. The van der Waals surface area contributed by atoms with Gasteiger partial charge in [0.15, 0.2) is 0 Å². The van der Waals surface area contributed by atoms with Gasteiger partial charge in [-0.05, 0) is 31.6 Å². The van der Waals surface area contributed by atoms with Crippen LogP contribution in [0.1, 0.15) is 77.0 Å². The molecule has 0 heterocycles. The molecule has 1 atom stereocenters. The van der Waals surface area contributed by atoms with E-state index in [0.29, 0.717) is 12.5 Å². The Labute approximate surface area is 112 Å². The molecule has 0 spiro atoms. The van der Waals surface area contributed by atoms with Crippen LogP contribution in [-0.4, -0.2) is 17.8 Å². The van der Waals surface area contributed by atoms with Crippen LogP contribution in [0.4, 0.5) is 0 Å². The first-order chi connectivity index (χ1) is 8.78. The molecule has 0 amide bonds. The standard InChI is InChI=1S/C16H31NO/c17-13-16(11-7-2-1-3-8-12-16)15(18)14-9-5-4-6-10-14/h14-15,18H,1-13,17H2. The molecular formula is C16H31NO. The summed E-state index contributed by atoms with van der Waals surface area (Å²) in [5.41, 5.74) is 6.15. The molecule has 18 heavy (non-hydrogen) atoms. The van der Waals surface area contributed by atoms with E-state index in [-0.39, 0.29) is 11.5 Å². The molecule has 2 saturated carbocycles. The van der Waals surface area contributed by atoms with Gasteiger partial charge in [-0.15, -0.1) is 0 Å². The maximum absolute atomic E-state index is 10.9. The van der Waals surface area contributed by atoms with Gasteiger partial charge in [0.1, 0.15) is 0 Å². The number of aliphatic hydroxyl groups is 1. The maximum atomic E-state index is 10.9. The van der Waals surface area contributed by atoms with Crippen LogP contribution < -0.4 is 5.73 Å². The summed E-state index contributed by atoms with van der Waals surface area (Å²) in [6, 6.07) is 0. The number of rotatable bonds is 3. The zero-order chi connectivity index (χ0) is 12.8. The fourth-order valence-corrected chi connectivity index (χ4v) is 4.18. The second-order valence-corrected chi connectivity index (χ2v) is 6.68. The van der Waals surface area contributed by atoms with Crippen molar-refractivity contribution < 1.29 is 5.11 Å². The summed E-state index contributed by atoms with van der Waals surface area (Å²) in [7, 11) is 0. The Balaban J connectivity index is 2.02. The average Bonchev–Trinajstić information content (AvgIpc) is 2.40. The van der Waals surface area contributed by atoms with Gasteiger partial charge in [-0.2, -0.15) is 0 Å². The minimum atomic E-state index is -0.138. The van der Waals surface area contributed by atoms with Gasteiger partial charge in [-0.1, -0.05) is 51.4 Å². The molecule has 0 bridgehead atoms. The zero-order valence-electron chi connectivity index (χ0n) is 11.9. The van der Waals surface area contributed by atoms with E-state index in [1.54, 1.807) is 0 Å². The Bertz CT molecular complexity index is 227. The van der Waals surface area contributed by atoms with Crippen molar-refractivity contribution in [3.05, 3.63) is 0 Å². The highest BCUT2D eigenvalue weighted by molar-refractivity contribution is 4.92. The van der Waals surface area contributed by atoms with Gasteiger partial charge in [0.05, 0.1) is 6.10 Å². The highest BCUT2D eigenvalue weighted by atomic mass is 16.3. The first-order valence-corrected chi connectivity index (χ1v) is 8.17. The lowest BCUT2D eigenvalue weighted by molar-refractivity contribution is -0.0407. The topological polar surface area (TPSA) is 46.2 Å². The summed E-state index contributed by atoms with van der Waals surface area (Å²) in [6.45, 7) is 0.685. The third kappa shape index (κ3) is 3.27. The highest BCUT2D eigenvalue weighted by Gasteiger charge is 2.40. The van der Waals surface area contributed by atoms with Gasteiger partial charge in [0, 0.05) is 12.0 Å². The van der Waals surface area contributed by atoms with E-state index >= 15 is 0 Å². The van der Waals surface area contributed by atoms with Crippen molar-refractivity contribution in [2.24, 2.45) is 17.1 Å². The molecule has 3 N–H and O–H groups in total. The number of nitrogens with two attached hydrogens (primary N) is 1. The summed E-state index contributed by atoms with van der Waals surface area (Å²) >= 11 is 0. The molecule has 2 rings (SSSR count). The smallest absolute Gasteiger partial charge is 0.0636 e. The summed E-state index contributed by atoms with van der Waals surface area (Å²) in [5, 5.41) is 10.9. The SMILES string of the molecule is NCC1(C(O)C2CCCCC2)CCCCCCC1. The van der Waals surface area contributed by atoms with E-state index in [0.717, 1.165) is 12.8 Å². The van der Waals surface area contributed by atoms with Gasteiger partial charge >= 0.3 is 0 Å². The van der Waals surface area contributed by atoms with Crippen molar-refractivity contribution >= 4 is 0 Å². The van der Waals surface area contributed by atoms with Crippen LogP contribution >= 0.6 is 0 Å². The Hall–Kier alpha value is -0.0800. The van der Waals surface area contributed by atoms with Crippen LogP contribution in [-0.2, 0) is 0 Å². The molecule has 2 nitrogen and oxygen atoms in total. The Morgan fingerprint density at radius 1 is 0.889 bits per heavy atom. The number of hydrogen-bond acceptors (Lipinski definition) is 2. The molecule has 0 aromatic heterocycles. The van der Waals surface area contributed by atoms with Gasteiger partial charge in [-0.25, -0.2) is 0 Å². The monoisotopic (exact) mass is 253 g/mol. The Morgan fingerprint density at radius 3 is 1.94 bits per heavy atom. The van der Waals surface area contributed by atoms with Crippen molar-refractivity contribution in [3.8, 4) is 0 Å². The quantitative estimate of drug-likeness (QED) is 0.807. The van der Waals surface area contributed by atoms with Gasteiger partial charge in [0.25, 0.3) is 0 Å². The van der Waals surface area contributed by atoms with Crippen LogP contribution in [0, 0.1) is 11.3 Å². The van der Waals surface area contributed by atoms with Crippen molar-refractivity contribution in [1.82, 2.24) is 0 Å². The molecule has 0 aliphatic heterocycles. The molecule has 2 aliphatic carbocycles.